The summed E-state index contributed by atoms with van der Waals surface area (Å²) in [6.07, 6.45) is 1.69. The number of nitrogens with two attached hydrogens (primary N) is 1. The van der Waals surface area contributed by atoms with Crippen molar-refractivity contribution in [2.75, 3.05) is 42.7 Å². The average Bonchev–Trinajstić information content (AvgIpc) is 3.20. The summed E-state index contributed by atoms with van der Waals surface area (Å²) in [5.41, 5.74) is 9.48. The van der Waals surface area contributed by atoms with Crippen LogP contribution in [0.3, 0.4) is 0 Å². The van der Waals surface area contributed by atoms with Crippen LogP contribution in [0.25, 0.3) is 0 Å². The fourth-order valence-electron chi connectivity index (χ4n) is 6.07. The number of ketones is 1. The number of hydrazine groups is 1. The van der Waals surface area contributed by atoms with E-state index in [4.69, 9.17) is 5.73 Å². The molecule has 0 saturated carbocycles. The van der Waals surface area contributed by atoms with Crippen molar-refractivity contribution in [2.45, 2.75) is 44.7 Å². The maximum absolute atomic E-state index is 14.3. The van der Waals surface area contributed by atoms with E-state index < -0.39 is 6.04 Å². The van der Waals surface area contributed by atoms with Gasteiger partial charge in [0.15, 0.2) is 5.78 Å². The SMILES string of the molecule is CC(=O)N([C@H](CC(=O)c1cc(Br)c(N)c(Br)c1)C(=O)N1CCC(N2CCc3ccccc3NC2=O)CC1)N(C)c1ccccc1. The van der Waals surface area contributed by atoms with Gasteiger partial charge >= 0.3 is 6.03 Å². The van der Waals surface area contributed by atoms with Gasteiger partial charge in [-0.15, -0.1) is 0 Å². The number of nitrogens with zero attached hydrogens (tertiary/aromatic N) is 4. The van der Waals surface area contributed by atoms with Crippen molar-refractivity contribution in [3.63, 3.8) is 0 Å². The second kappa shape index (κ2) is 14.0. The molecule has 3 N–H and O–H groups in total. The molecule has 4 amide bonds. The fraction of sp³-hybridized carbons (Fsp3) is 0.333. The zero-order valence-electron chi connectivity index (χ0n) is 25.2. The van der Waals surface area contributed by atoms with Crippen molar-refractivity contribution in [1.29, 1.82) is 0 Å². The molecule has 0 unspecified atom stereocenters. The Balaban J connectivity index is 1.37. The van der Waals surface area contributed by atoms with Gasteiger partial charge in [-0.2, -0.15) is 0 Å². The monoisotopic (exact) mass is 738 g/mol. The van der Waals surface area contributed by atoms with Gasteiger partial charge in [-0.1, -0.05) is 36.4 Å². The highest BCUT2D eigenvalue weighted by Crippen LogP contribution is 2.31. The molecule has 5 rings (SSSR count). The van der Waals surface area contributed by atoms with Gasteiger partial charge in [0.1, 0.15) is 6.04 Å². The quantitative estimate of drug-likeness (QED) is 0.174. The number of piperidine rings is 1. The number of urea groups is 1. The zero-order chi connectivity index (χ0) is 32.2. The number of carbonyl (C=O) groups is 4. The lowest BCUT2D eigenvalue weighted by molar-refractivity contribution is -0.146. The van der Waals surface area contributed by atoms with E-state index in [1.54, 1.807) is 29.1 Å². The summed E-state index contributed by atoms with van der Waals surface area (Å²) in [6, 6.07) is 19.0. The predicted molar refractivity (Wildman–Crippen MR) is 182 cm³/mol. The largest absolute Gasteiger partial charge is 0.397 e. The number of hydrogen-bond acceptors (Lipinski definition) is 6. The van der Waals surface area contributed by atoms with Crippen molar-refractivity contribution >= 4 is 72.6 Å². The zero-order valence-corrected chi connectivity index (χ0v) is 28.4. The number of hydrogen-bond donors (Lipinski definition) is 2. The van der Waals surface area contributed by atoms with E-state index in [0.717, 1.165) is 17.7 Å². The number of rotatable bonds is 8. The number of fused-ring (bicyclic) bond motifs is 1. The summed E-state index contributed by atoms with van der Waals surface area (Å²) in [5, 5.41) is 6.02. The van der Waals surface area contributed by atoms with Gasteiger partial charge in [0.05, 0.1) is 11.4 Å². The van der Waals surface area contributed by atoms with Crippen molar-refractivity contribution in [3.8, 4) is 0 Å². The Morgan fingerprint density at radius 1 is 0.978 bits per heavy atom. The Bertz CT molecular complexity index is 1570. The molecule has 0 aliphatic carbocycles. The summed E-state index contributed by atoms with van der Waals surface area (Å²) < 4.78 is 1.10. The molecule has 10 nitrogen and oxygen atoms in total. The Morgan fingerprint density at radius 3 is 2.24 bits per heavy atom. The van der Waals surface area contributed by atoms with Crippen LogP contribution in [0.15, 0.2) is 75.7 Å². The fourth-order valence-corrected chi connectivity index (χ4v) is 7.26. The summed E-state index contributed by atoms with van der Waals surface area (Å²) >= 11 is 6.79. The second-order valence-corrected chi connectivity index (χ2v) is 13.0. The number of amides is 4. The highest BCUT2D eigenvalue weighted by Gasteiger charge is 2.39. The van der Waals surface area contributed by atoms with Gasteiger partial charge in [0.2, 0.25) is 11.8 Å². The van der Waals surface area contributed by atoms with E-state index >= 15 is 0 Å². The Hall–Kier alpha value is -3.90. The molecule has 2 aliphatic heterocycles. The number of benzene rings is 3. The van der Waals surface area contributed by atoms with Crippen LogP contribution in [0.4, 0.5) is 21.9 Å². The van der Waals surface area contributed by atoms with Crippen LogP contribution >= 0.6 is 31.9 Å². The van der Waals surface area contributed by atoms with Crippen LogP contribution in [0.2, 0.25) is 0 Å². The van der Waals surface area contributed by atoms with Crippen LogP contribution < -0.4 is 16.1 Å². The van der Waals surface area contributed by atoms with Crippen molar-refractivity contribution < 1.29 is 19.2 Å². The van der Waals surface area contributed by atoms with E-state index in [2.05, 4.69) is 37.2 Å². The molecule has 1 fully saturated rings. The van der Waals surface area contributed by atoms with E-state index in [-0.39, 0.29) is 36.1 Å². The van der Waals surface area contributed by atoms with Gasteiger partial charge in [-0.3, -0.25) is 19.4 Å². The molecule has 0 aromatic heterocycles. The van der Waals surface area contributed by atoms with E-state index in [0.29, 0.717) is 58.4 Å². The summed E-state index contributed by atoms with van der Waals surface area (Å²) in [7, 11) is 1.71. The third-order valence-corrected chi connectivity index (χ3v) is 9.81. The van der Waals surface area contributed by atoms with Crippen LogP contribution in [-0.4, -0.2) is 77.2 Å². The minimum absolute atomic E-state index is 0.0381. The van der Waals surface area contributed by atoms with E-state index in [9.17, 15) is 19.2 Å². The van der Waals surface area contributed by atoms with E-state index in [1.165, 1.54) is 11.9 Å². The summed E-state index contributed by atoms with van der Waals surface area (Å²) in [4.78, 5) is 57.9. The number of likely N-dealkylation sites (tertiary alicyclic amines) is 1. The minimum atomic E-state index is -1.09. The van der Waals surface area contributed by atoms with Crippen LogP contribution in [-0.2, 0) is 16.0 Å². The number of nitrogen functional groups attached to an aromatic ring is 1. The Labute approximate surface area is 279 Å². The maximum Gasteiger partial charge on any atom is 0.322 e. The van der Waals surface area contributed by atoms with Crippen molar-refractivity contribution in [3.05, 3.63) is 86.8 Å². The molecule has 45 heavy (non-hydrogen) atoms. The number of nitrogens with one attached hydrogen (secondary N) is 1. The Morgan fingerprint density at radius 2 is 1.60 bits per heavy atom. The molecule has 0 radical (unpaired) electrons. The lowest BCUT2D eigenvalue weighted by atomic mass is 9.98. The predicted octanol–water partition coefficient (Wildman–Crippen LogP) is 5.72. The topological polar surface area (TPSA) is 119 Å². The highest BCUT2D eigenvalue weighted by atomic mass is 79.9. The number of Topliss-reactive ketones (excluding diaryl/α,β-unsaturated/α-hetero) is 1. The average molecular weight is 740 g/mol. The van der Waals surface area contributed by atoms with Crippen molar-refractivity contribution in [1.82, 2.24) is 14.8 Å². The molecule has 2 heterocycles. The summed E-state index contributed by atoms with van der Waals surface area (Å²) in [6.45, 7) is 2.77. The highest BCUT2D eigenvalue weighted by molar-refractivity contribution is 9.11. The van der Waals surface area contributed by atoms with Gasteiger partial charge in [0.25, 0.3) is 0 Å². The molecule has 0 spiro atoms. The molecule has 3 aromatic rings. The molecule has 0 bridgehead atoms. The first kappa shape index (κ1) is 32.5. The molecule has 12 heteroatoms. The molecule has 1 atom stereocenters. The summed E-state index contributed by atoms with van der Waals surface area (Å²) in [5.74, 6) is -0.998. The lowest BCUT2D eigenvalue weighted by Crippen LogP contribution is -2.59. The molecular formula is C33H36Br2N6O4. The minimum Gasteiger partial charge on any atom is -0.397 e. The van der Waals surface area contributed by atoms with Gasteiger partial charge in [0, 0.05) is 66.3 Å². The van der Waals surface area contributed by atoms with Crippen LogP contribution in [0, 0.1) is 0 Å². The normalized spacial score (nSPS) is 15.9. The molecule has 3 aromatic carbocycles. The first-order chi connectivity index (χ1) is 21.5. The van der Waals surface area contributed by atoms with Crippen LogP contribution in [0.1, 0.15) is 42.1 Å². The first-order valence-corrected chi connectivity index (χ1v) is 16.4. The maximum atomic E-state index is 14.3. The molecule has 2 aliphatic rings. The van der Waals surface area contributed by atoms with Crippen LogP contribution in [0.5, 0.6) is 0 Å². The smallest absolute Gasteiger partial charge is 0.322 e. The number of para-hydroxylation sites is 2. The number of anilines is 3. The first-order valence-electron chi connectivity index (χ1n) is 14.9. The third kappa shape index (κ3) is 7.17. The molecule has 1 saturated heterocycles. The lowest BCUT2D eigenvalue weighted by Gasteiger charge is -2.42. The van der Waals surface area contributed by atoms with Gasteiger partial charge in [-0.05, 0) is 87.0 Å². The standard InChI is InChI=1S/C33H36Br2N6O4/c1-21(42)41(38(2)24-9-4-3-5-10-24)29(20-30(43)23-18-26(34)31(36)27(35)19-23)32(44)39-15-13-25(14-16-39)40-17-12-22-8-6-7-11-28(22)37-33(40)45/h3-11,18-19,25,29H,12-17,20,36H2,1-2H3,(H,37,45)/t29-/m1/s1. The number of carbonyl (C=O) groups excluding carboxylic acids is 4. The molecular weight excluding hydrogens is 704 g/mol. The second-order valence-electron chi connectivity index (χ2n) is 11.3. The third-order valence-electron chi connectivity index (χ3n) is 8.49. The van der Waals surface area contributed by atoms with Crippen molar-refractivity contribution in [2.24, 2.45) is 0 Å². The molecule has 236 valence electrons. The van der Waals surface area contributed by atoms with Gasteiger partial charge in [-0.25, -0.2) is 9.80 Å². The van der Waals surface area contributed by atoms with Gasteiger partial charge < -0.3 is 20.9 Å². The van der Waals surface area contributed by atoms with E-state index in [1.807, 2.05) is 59.5 Å². The number of halogens is 2. The Kier molecular flexibility index (Phi) is 10.1.